The summed E-state index contributed by atoms with van der Waals surface area (Å²) in [4.78, 5) is 18.2. The summed E-state index contributed by atoms with van der Waals surface area (Å²) in [6.45, 7) is 4.11. The second-order valence-electron chi connectivity index (χ2n) is 6.40. The van der Waals surface area contributed by atoms with Gasteiger partial charge in [0, 0.05) is 7.05 Å². The van der Waals surface area contributed by atoms with Crippen molar-refractivity contribution < 1.29 is 9.53 Å². The first-order valence-electron chi connectivity index (χ1n) is 9.01. The first kappa shape index (κ1) is 18.6. The second kappa shape index (κ2) is 8.49. The van der Waals surface area contributed by atoms with Gasteiger partial charge in [0.1, 0.15) is 18.4 Å². The third-order valence-electron chi connectivity index (χ3n) is 4.70. The molecule has 0 bridgehead atoms. The topological polar surface area (TPSA) is 60.2 Å². The zero-order valence-electron chi connectivity index (χ0n) is 15.9. The molecule has 6 nitrogen and oxygen atoms in total. The highest BCUT2D eigenvalue weighted by atomic mass is 16.5. The van der Waals surface area contributed by atoms with Crippen molar-refractivity contribution in [3.05, 3.63) is 72.3 Å². The van der Waals surface area contributed by atoms with Gasteiger partial charge in [0.05, 0.1) is 11.7 Å². The summed E-state index contributed by atoms with van der Waals surface area (Å²) >= 11 is 0. The minimum atomic E-state index is -0.0650. The minimum Gasteiger partial charge on any atom is -0.484 e. The van der Waals surface area contributed by atoms with E-state index in [2.05, 4.69) is 17.0 Å². The molecule has 0 spiro atoms. The van der Waals surface area contributed by atoms with Gasteiger partial charge >= 0.3 is 0 Å². The van der Waals surface area contributed by atoms with Crippen LogP contribution in [0.25, 0.3) is 5.69 Å². The molecular weight excluding hydrogens is 340 g/mol. The van der Waals surface area contributed by atoms with Crippen LogP contribution in [0.15, 0.2) is 61.2 Å². The van der Waals surface area contributed by atoms with Crippen LogP contribution in [-0.2, 0) is 11.2 Å². The van der Waals surface area contributed by atoms with Gasteiger partial charge in [0.2, 0.25) is 0 Å². The van der Waals surface area contributed by atoms with Crippen LogP contribution in [-0.4, -0.2) is 39.2 Å². The summed E-state index contributed by atoms with van der Waals surface area (Å²) in [6.07, 6.45) is 4.09. The minimum absolute atomic E-state index is 0.0189. The van der Waals surface area contributed by atoms with Gasteiger partial charge in [-0.25, -0.2) is 9.67 Å². The van der Waals surface area contributed by atoms with E-state index < -0.39 is 0 Å². The van der Waals surface area contributed by atoms with Crippen molar-refractivity contribution in [2.45, 2.75) is 26.3 Å². The Hall–Kier alpha value is -3.15. The molecule has 1 heterocycles. The highest BCUT2D eigenvalue weighted by molar-refractivity contribution is 5.78. The summed E-state index contributed by atoms with van der Waals surface area (Å²) in [5.41, 5.74) is 3.16. The third kappa shape index (κ3) is 4.53. The highest BCUT2D eigenvalue weighted by Crippen LogP contribution is 2.21. The maximum Gasteiger partial charge on any atom is 0.260 e. The van der Waals surface area contributed by atoms with Crippen molar-refractivity contribution >= 4 is 5.91 Å². The molecule has 0 aliphatic carbocycles. The number of aryl methyl sites for hydroxylation is 1. The molecule has 140 valence electrons. The third-order valence-corrected chi connectivity index (χ3v) is 4.70. The van der Waals surface area contributed by atoms with Gasteiger partial charge in [-0.1, -0.05) is 31.2 Å². The first-order valence-corrected chi connectivity index (χ1v) is 9.01. The number of carbonyl (C=O) groups is 1. The molecule has 1 atom stereocenters. The van der Waals surface area contributed by atoms with E-state index in [9.17, 15) is 4.79 Å². The fraction of sp³-hybridized carbons (Fsp3) is 0.286. The average molecular weight is 364 g/mol. The largest absolute Gasteiger partial charge is 0.484 e. The van der Waals surface area contributed by atoms with Crippen molar-refractivity contribution in [3.63, 3.8) is 0 Å². The van der Waals surface area contributed by atoms with Crippen LogP contribution in [0.4, 0.5) is 0 Å². The van der Waals surface area contributed by atoms with Crippen molar-refractivity contribution in [3.8, 4) is 11.4 Å². The average Bonchev–Trinajstić information content (AvgIpc) is 3.26. The number of benzene rings is 2. The smallest absolute Gasteiger partial charge is 0.260 e. The predicted octanol–water partition coefficient (Wildman–Crippen LogP) is 3.43. The van der Waals surface area contributed by atoms with E-state index in [1.54, 1.807) is 23.0 Å². The van der Waals surface area contributed by atoms with Crippen molar-refractivity contribution in [1.82, 2.24) is 19.7 Å². The van der Waals surface area contributed by atoms with Gasteiger partial charge in [0.15, 0.2) is 6.61 Å². The van der Waals surface area contributed by atoms with E-state index in [1.807, 2.05) is 55.5 Å². The van der Waals surface area contributed by atoms with E-state index in [1.165, 1.54) is 11.9 Å². The van der Waals surface area contributed by atoms with Crippen LogP contribution in [0.1, 0.15) is 31.0 Å². The summed E-state index contributed by atoms with van der Waals surface area (Å²) < 4.78 is 7.37. The van der Waals surface area contributed by atoms with Gasteiger partial charge in [-0.3, -0.25) is 4.79 Å². The number of likely N-dealkylation sites (N-methyl/N-ethyl adjacent to an activating group) is 1. The lowest BCUT2D eigenvalue weighted by Crippen LogP contribution is -2.33. The SMILES string of the molecule is CCc1cccc(OCC(=O)N(C)[C@@H](C)c2ccc(-n3cncn3)cc2)c1. The molecule has 2 aromatic carbocycles. The molecule has 0 saturated heterocycles. The van der Waals surface area contributed by atoms with Crippen LogP contribution < -0.4 is 4.74 Å². The first-order chi connectivity index (χ1) is 13.1. The number of ether oxygens (including phenoxy) is 1. The van der Waals surface area contributed by atoms with Gasteiger partial charge in [-0.2, -0.15) is 5.10 Å². The van der Waals surface area contributed by atoms with Crippen molar-refractivity contribution in [1.29, 1.82) is 0 Å². The summed E-state index contributed by atoms with van der Waals surface area (Å²) in [6, 6.07) is 15.7. The van der Waals surface area contributed by atoms with Crippen LogP contribution in [0.3, 0.4) is 0 Å². The summed E-state index contributed by atoms with van der Waals surface area (Å²) in [5.74, 6) is 0.658. The Morgan fingerprint density at radius 2 is 2.00 bits per heavy atom. The van der Waals surface area contributed by atoms with E-state index in [0.29, 0.717) is 0 Å². The molecule has 0 unspecified atom stereocenters. The summed E-state index contributed by atoms with van der Waals surface area (Å²) in [5, 5.41) is 4.11. The molecule has 6 heteroatoms. The number of amides is 1. The Bertz CT molecular complexity index is 875. The molecule has 3 aromatic rings. The van der Waals surface area contributed by atoms with Gasteiger partial charge < -0.3 is 9.64 Å². The zero-order chi connectivity index (χ0) is 19.2. The maximum absolute atomic E-state index is 12.5. The molecule has 1 aromatic heterocycles. The Morgan fingerprint density at radius 3 is 2.67 bits per heavy atom. The van der Waals surface area contributed by atoms with Crippen LogP contribution >= 0.6 is 0 Å². The molecule has 0 radical (unpaired) electrons. The number of hydrogen-bond acceptors (Lipinski definition) is 4. The van der Waals surface area contributed by atoms with Crippen molar-refractivity contribution in [2.24, 2.45) is 0 Å². The number of nitrogens with zero attached hydrogens (tertiary/aromatic N) is 4. The van der Waals surface area contributed by atoms with Crippen LogP contribution in [0, 0.1) is 0 Å². The number of rotatable bonds is 7. The van der Waals surface area contributed by atoms with Crippen LogP contribution in [0.5, 0.6) is 5.75 Å². The van der Waals surface area contributed by atoms with E-state index in [0.717, 1.165) is 23.4 Å². The lowest BCUT2D eigenvalue weighted by molar-refractivity contribution is -0.134. The van der Waals surface area contributed by atoms with Gasteiger partial charge in [-0.05, 0) is 48.7 Å². The molecule has 0 aliphatic rings. The van der Waals surface area contributed by atoms with Crippen LogP contribution in [0.2, 0.25) is 0 Å². The molecule has 0 aliphatic heterocycles. The fourth-order valence-electron chi connectivity index (χ4n) is 2.79. The lowest BCUT2D eigenvalue weighted by atomic mass is 10.1. The molecule has 27 heavy (non-hydrogen) atoms. The molecule has 1 amide bonds. The Kier molecular flexibility index (Phi) is 5.86. The predicted molar refractivity (Wildman–Crippen MR) is 104 cm³/mol. The van der Waals surface area contributed by atoms with E-state index in [-0.39, 0.29) is 18.6 Å². The molecular formula is C21H24N4O2. The van der Waals surface area contributed by atoms with E-state index in [4.69, 9.17) is 4.74 Å². The Labute approximate surface area is 159 Å². The lowest BCUT2D eigenvalue weighted by Gasteiger charge is -2.25. The zero-order valence-corrected chi connectivity index (χ0v) is 15.9. The maximum atomic E-state index is 12.5. The standard InChI is InChI=1S/C21H24N4O2/c1-4-17-6-5-7-20(12-17)27-13-21(26)24(3)16(2)18-8-10-19(11-9-18)25-15-22-14-23-25/h5-12,14-16H,4,13H2,1-3H3/t16-/m0/s1. The van der Waals surface area contributed by atoms with Gasteiger partial charge in [-0.15, -0.1) is 0 Å². The molecule has 0 saturated carbocycles. The van der Waals surface area contributed by atoms with Gasteiger partial charge in [0.25, 0.3) is 5.91 Å². The fourth-order valence-corrected chi connectivity index (χ4v) is 2.79. The number of carbonyl (C=O) groups excluding carboxylic acids is 1. The Balaban J connectivity index is 1.60. The quantitative estimate of drug-likeness (QED) is 0.644. The summed E-state index contributed by atoms with van der Waals surface area (Å²) in [7, 11) is 1.80. The monoisotopic (exact) mass is 364 g/mol. The normalized spacial score (nSPS) is 11.8. The van der Waals surface area contributed by atoms with E-state index >= 15 is 0 Å². The highest BCUT2D eigenvalue weighted by Gasteiger charge is 2.18. The molecule has 0 fully saturated rings. The second-order valence-corrected chi connectivity index (χ2v) is 6.40. The number of aromatic nitrogens is 3. The molecule has 0 N–H and O–H groups in total. The molecule has 3 rings (SSSR count). The number of hydrogen-bond donors (Lipinski definition) is 0. The van der Waals surface area contributed by atoms with Crippen molar-refractivity contribution in [2.75, 3.05) is 13.7 Å². The Morgan fingerprint density at radius 1 is 1.22 bits per heavy atom.